The lowest BCUT2D eigenvalue weighted by Gasteiger charge is -2.13. The summed E-state index contributed by atoms with van der Waals surface area (Å²) in [4.78, 5) is 7.75. The van der Waals surface area contributed by atoms with Crippen molar-refractivity contribution in [3.63, 3.8) is 0 Å². The van der Waals surface area contributed by atoms with Crippen LogP contribution >= 0.6 is 11.9 Å². The summed E-state index contributed by atoms with van der Waals surface area (Å²) in [6.07, 6.45) is 6.87. The Morgan fingerprint density at radius 3 is 3.14 bits per heavy atom. The molecular weight excluding hydrogens is 282 g/mol. The number of nitrogens with zero attached hydrogens (tertiary/aromatic N) is 1. The Balaban J connectivity index is 2.04. The van der Waals surface area contributed by atoms with Crippen LogP contribution in [0.15, 0.2) is 36.5 Å². The second-order valence-corrected chi connectivity index (χ2v) is 5.75. The molecule has 0 aliphatic carbocycles. The second kappa shape index (κ2) is 6.24. The number of nitrogens with one attached hydrogen (secondary N) is 3. The molecule has 1 atom stereocenters. The molecule has 0 radical (unpaired) electrons. The standard InChI is InChI=1S/C15H19N5S/c1-17-10-5-6-11-13(8-10)20-21-7-3-2-4-12(16)15-18-9-14(11)19-15/h2-3,5-6,8-9,12,17,20H,4,7,16H2,1H3,(H,18,19)/b3-2-/t12-/m0/s1. The van der Waals surface area contributed by atoms with Gasteiger partial charge in [-0.2, -0.15) is 0 Å². The van der Waals surface area contributed by atoms with Crippen LogP contribution in [0.3, 0.4) is 0 Å². The average molecular weight is 301 g/mol. The Labute approximate surface area is 128 Å². The largest absolute Gasteiger partial charge is 0.388 e. The number of aromatic amines is 1. The quantitative estimate of drug-likeness (QED) is 0.481. The Hall–Kier alpha value is -1.92. The molecule has 5 N–H and O–H groups in total. The van der Waals surface area contributed by atoms with Crippen molar-refractivity contribution in [1.82, 2.24) is 9.97 Å². The molecule has 0 fully saturated rings. The van der Waals surface area contributed by atoms with Gasteiger partial charge in [0.1, 0.15) is 5.82 Å². The number of fused-ring (bicyclic) bond motifs is 4. The van der Waals surface area contributed by atoms with Gasteiger partial charge in [-0.25, -0.2) is 4.98 Å². The SMILES string of the molecule is CNc1ccc2c(c1)NSC/C=C\C[C@H](N)c1ncc-2[nH]1. The van der Waals surface area contributed by atoms with Gasteiger partial charge >= 0.3 is 0 Å². The molecule has 0 spiro atoms. The highest BCUT2D eigenvalue weighted by Crippen LogP contribution is 2.32. The fourth-order valence-electron chi connectivity index (χ4n) is 2.27. The number of anilines is 2. The second-order valence-electron chi connectivity index (χ2n) is 4.92. The van der Waals surface area contributed by atoms with Gasteiger partial charge in [-0.15, -0.1) is 0 Å². The monoisotopic (exact) mass is 301 g/mol. The number of benzene rings is 1. The molecule has 0 saturated carbocycles. The minimum absolute atomic E-state index is 0.0904. The van der Waals surface area contributed by atoms with Crippen LogP contribution in [0.2, 0.25) is 0 Å². The zero-order valence-corrected chi connectivity index (χ0v) is 12.7. The molecule has 21 heavy (non-hydrogen) atoms. The minimum atomic E-state index is -0.0904. The lowest BCUT2D eigenvalue weighted by molar-refractivity contribution is 0.693. The van der Waals surface area contributed by atoms with Crippen molar-refractivity contribution in [2.45, 2.75) is 12.5 Å². The Kier molecular flexibility index (Phi) is 4.17. The number of rotatable bonds is 1. The molecule has 1 aliphatic rings. The maximum absolute atomic E-state index is 6.15. The first-order valence-corrected chi connectivity index (χ1v) is 7.92. The van der Waals surface area contributed by atoms with Gasteiger partial charge in [-0.1, -0.05) is 12.2 Å². The van der Waals surface area contributed by atoms with E-state index in [4.69, 9.17) is 5.73 Å². The van der Waals surface area contributed by atoms with E-state index >= 15 is 0 Å². The van der Waals surface area contributed by atoms with E-state index in [1.165, 1.54) is 0 Å². The topological polar surface area (TPSA) is 78.8 Å². The van der Waals surface area contributed by atoms with Crippen molar-refractivity contribution in [3.8, 4) is 11.3 Å². The number of hydrogen-bond acceptors (Lipinski definition) is 5. The van der Waals surface area contributed by atoms with Crippen molar-refractivity contribution in [2.24, 2.45) is 5.73 Å². The first kappa shape index (κ1) is 14.0. The zero-order valence-electron chi connectivity index (χ0n) is 11.9. The van der Waals surface area contributed by atoms with Gasteiger partial charge in [0, 0.05) is 24.1 Å². The molecular formula is C15H19N5S. The summed E-state index contributed by atoms with van der Waals surface area (Å²) in [7, 11) is 1.92. The molecule has 110 valence electrons. The first-order valence-electron chi connectivity index (χ1n) is 6.93. The molecule has 2 heterocycles. The van der Waals surface area contributed by atoms with Crippen molar-refractivity contribution < 1.29 is 0 Å². The van der Waals surface area contributed by atoms with E-state index < -0.39 is 0 Å². The van der Waals surface area contributed by atoms with E-state index in [1.807, 2.05) is 13.2 Å². The first-order chi connectivity index (χ1) is 10.3. The highest BCUT2D eigenvalue weighted by Gasteiger charge is 2.13. The lowest BCUT2D eigenvalue weighted by atomic mass is 10.1. The molecule has 1 aromatic carbocycles. The van der Waals surface area contributed by atoms with Gasteiger partial charge in [0.25, 0.3) is 0 Å². The van der Waals surface area contributed by atoms with Crippen LogP contribution in [0, 0.1) is 0 Å². The van der Waals surface area contributed by atoms with Gasteiger partial charge < -0.3 is 20.8 Å². The highest BCUT2D eigenvalue weighted by molar-refractivity contribution is 8.00. The van der Waals surface area contributed by atoms with E-state index in [-0.39, 0.29) is 6.04 Å². The fourth-order valence-corrected chi connectivity index (χ4v) is 2.91. The summed E-state index contributed by atoms with van der Waals surface area (Å²) in [5.74, 6) is 1.72. The summed E-state index contributed by atoms with van der Waals surface area (Å²) in [6, 6.07) is 6.14. The molecule has 3 rings (SSSR count). The van der Waals surface area contributed by atoms with Crippen molar-refractivity contribution in [1.29, 1.82) is 0 Å². The normalized spacial score (nSPS) is 19.6. The number of hydrogen-bond donors (Lipinski definition) is 4. The number of H-pyrrole nitrogens is 1. The molecule has 0 unspecified atom stereocenters. The summed E-state index contributed by atoms with van der Waals surface area (Å²) >= 11 is 1.66. The molecule has 1 aromatic heterocycles. The minimum Gasteiger partial charge on any atom is -0.388 e. The van der Waals surface area contributed by atoms with Crippen LogP contribution in [0.1, 0.15) is 18.3 Å². The van der Waals surface area contributed by atoms with Crippen LogP contribution in [0.5, 0.6) is 0 Å². The van der Waals surface area contributed by atoms with E-state index in [0.29, 0.717) is 0 Å². The lowest BCUT2D eigenvalue weighted by Crippen LogP contribution is -2.11. The Morgan fingerprint density at radius 2 is 2.29 bits per heavy atom. The van der Waals surface area contributed by atoms with Crippen LogP contribution in [0.4, 0.5) is 11.4 Å². The predicted molar refractivity (Wildman–Crippen MR) is 90.3 cm³/mol. The molecule has 6 heteroatoms. The van der Waals surface area contributed by atoms with E-state index in [0.717, 1.165) is 40.6 Å². The summed E-state index contributed by atoms with van der Waals surface area (Å²) in [5, 5.41) is 3.16. The molecule has 5 nitrogen and oxygen atoms in total. The predicted octanol–water partition coefficient (Wildman–Crippen LogP) is 3.14. The maximum atomic E-state index is 6.15. The van der Waals surface area contributed by atoms with Crippen LogP contribution in [-0.4, -0.2) is 22.8 Å². The van der Waals surface area contributed by atoms with Gasteiger partial charge in [0.2, 0.25) is 0 Å². The van der Waals surface area contributed by atoms with Gasteiger partial charge in [0.15, 0.2) is 0 Å². The molecule has 0 saturated heterocycles. The smallest absolute Gasteiger partial charge is 0.123 e. The number of nitrogens with two attached hydrogens (primary N) is 1. The van der Waals surface area contributed by atoms with Gasteiger partial charge in [0.05, 0.1) is 23.6 Å². The van der Waals surface area contributed by atoms with E-state index in [9.17, 15) is 0 Å². The zero-order chi connectivity index (χ0) is 14.7. The summed E-state index contributed by atoms with van der Waals surface area (Å²) < 4.78 is 3.41. The molecule has 2 aromatic rings. The van der Waals surface area contributed by atoms with E-state index in [1.54, 1.807) is 11.9 Å². The van der Waals surface area contributed by atoms with Crippen molar-refractivity contribution in [2.75, 3.05) is 22.8 Å². The summed E-state index contributed by atoms with van der Waals surface area (Å²) in [6.45, 7) is 0. The third kappa shape index (κ3) is 3.06. The Morgan fingerprint density at radius 1 is 1.38 bits per heavy atom. The third-order valence-corrected chi connectivity index (χ3v) is 4.19. The third-order valence-electron chi connectivity index (χ3n) is 3.46. The maximum Gasteiger partial charge on any atom is 0.123 e. The van der Waals surface area contributed by atoms with Gasteiger partial charge in [-0.05, 0) is 36.6 Å². The highest BCUT2D eigenvalue weighted by atomic mass is 32.2. The fraction of sp³-hybridized carbons (Fsp3) is 0.267. The summed E-state index contributed by atoms with van der Waals surface area (Å²) in [5.41, 5.74) is 10.4. The van der Waals surface area contributed by atoms with Gasteiger partial charge in [-0.3, -0.25) is 0 Å². The Bertz CT molecular complexity index is 649. The molecule has 0 amide bonds. The van der Waals surface area contributed by atoms with Crippen LogP contribution in [0.25, 0.3) is 11.3 Å². The average Bonchev–Trinajstić information content (AvgIpc) is 2.99. The van der Waals surface area contributed by atoms with Crippen molar-refractivity contribution in [3.05, 3.63) is 42.4 Å². The van der Waals surface area contributed by atoms with Crippen molar-refractivity contribution >= 4 is 23.3 Å². The van der Waals surface area contributed by atoms with Crippen LogP contribution < -0.4 is 15.8 Å². The number of imidazole rings is 1. The van der Waals surface area contributed by atoms with E-state index in [2.05, 4.69) is 50.4 Å². The molecule has 1 aliphatic heterocycles. The van der Waals surface area contributed by atoms with Crippen LogP contribution in [-0.2, 0) is 0 Å². The number of aromatic nitrogens is 2. The molecule has 2 bridgehead atoms.